The molecule has 0 saturated heterocycles. The van der Waals surface area contributed by atoms with Crippen LogP contribution in [0.5, 0.6) is 0 Å². The lowest BCUT2D eigenvalue weighted by Gasteiger charge is -2.11. The molecule has 1 aromatic carbocycles. The molecule has 1 unspecified atom stereocenters. The molecule has 1 heterocycles. The summed E-state index contributed by atoms with van der Waals surface area (Å²) in [6, 6.07) is 6.95. The molecular weight excluding hydrogens is 241 g/mol. The first-order valence-electron chi connectivity index (χ1n) is 6.69. The third kappa shape index (κ3) is 3.89. The van der Waals surface area contributed by atoms with Gasteiger partial charge in [0.25, 0.3) is 0 Å². The maximum absolute atomic E-state index is 12.8. The van der Waals surface area contributed by atoms with E-state index < -0.39 is 0 Å². The maximum Gasteiger partial charge on any atom is 0.123 e. The Morgan fingerprint density at radius 2 is 2.05 bits per heavy atom. The van der Waals surface area contributed by atoms with E-state index in [1.807, 2.05) is 23.0 Å². The Hall–Kier alpha value is -1.68. The second kappa shape index (κ2) is 6.48. The Morgan fingerprint density at radius 3 is 2.68 bits per heavy atom. The van der Waals surface area contributed by atoms with Crippen molar-refractivity contribution in [3.63, 3.8) is 0 Å². The van der Waals surface area contributed by atoms with Crippen molar-refractivity contribution in [1.29, 1.82) is 0 Å². The molecule has 1 N–H and O–H groups in total. The van der Waals surface area contributed by atoms with Gasteiger partial charge in [0, 0.05) is 24.3 Å². The van der Waals surface area contributed by atoms with E-state index in [0.717, 1.165) is 25.1 Å². The Morgan fingerprint density at radius 1 is 1.32 bits per heavy atom. The zero-order valence-corrected chi connectivity index (χ0v) is 11.4. The highest BCUT2D eigenvalue weighted by Crippen LogP contribution is 2.11. The van der Waals surface area contributed by atoms with Crippen molar-refractivity contribution in [2.45, 2.75) is 32.9 Å². The molecule has 2 rings (SSSR count). The molecule has 0 radical (unpaired) electrons. The fourth-order valence-electron chi connectivity index (χ4n) is 1.98. The molecule has 0 saturated carbocycles. The van der Waals surface area contributed by atoms with E-state index in [1.165, 1.54) is 17.7 Å². The minimum Gasteiger partial charge on any atom is -0.310 e. The van der Waals surface area contributed by atoms with Crippen LogP contribution < -0.4 is 5.32 Å². The number of aromatic nitrogens is 2. The lowest BCUT2D eigenvalue weighted by atomic mass is 10.1. The first-order valence-corrected chi connectivity index (χ1v) is 6.69. The van der Waals surface area contributed by atoms with Crippen LogP contribution in [0.2, 0.25) is 0 Å². The third-order valence-electron chi connectivity index (χ3n) is 3.25. The van der Waals surface area contributed by atoms with Crippen molar-refractivity contribution in [3.8, 4) is 0 Å². The summed E-state index contributed by atoms with van der Waals surface area (Å²) in [5.74, 6) is -0.183. The summed E-state index contributed by atoms with van der Waals surface area (Å²) in [5.41, 5.74) is 2.34. The summed E-state index contributed by atoms with van der Waals surface area (Å²) < 4.78 is 14.7. The number of nitrogens with one attached hydrogen (secondary N) is 1. The molecule has 19 heavy (non-hydrogen) atoms. The van der Waals surface area contributed by atoms with Crippen LogP contribution in [-0.4, -0.2) is 16.3 Å². The molecule has 1 aromatic heterocycles. The smallest absolute Gasteiger partial charge is 0.123 e. The van der Waals surface area contributed by atoms with Gasteiger partial charge in [-0.15, -0.1) is 0 Å². The van der Waals surface area contributed by atoms with Crippen LogP contribution in [0, 0.1) is 5.82 Å². The molecule has 0 aliphatic rings. The molecule has 0 spiro atoms. The quantitative estimate of drug-likeness (QED) is 0.866. The van der Waals surface area contributed by atoms with E-state index in [4.69, 9.17) is 0 Å². The number of benzene rings is 1. The molecule has 1 atom stereocenters. The van der Waals surface area contributed by atoms with Gasteiger partial charge < -0.3 is 5.32 Å². The Kier molecular flexibility index (Phi) is 4.68. The van der Waals surface area contributed by atoms with E-state index in [-0.39, 0.29) is 11.9 Å². The standard InChI is InChI=1S/C15H20FN3/c1-3-19-11-14(10-18-19)12(2)17-9-8-13-4-6-15(16)7-5-13/h4-7,10-12,17H,3,8-9H2,1-2H3. The van der Waals surface area contributed by atoms with Crippen LogP contribution in [0.25, 0.3) is 0 Å². The van der Waals surface area contributed by atoms with Crippen molar-refractivity contribution in [3.05, 3.63) is 53.6 Å². The summed E-state index contributed by atoms with van der Waals surface area (Å²) in [4.78, 5) is 0. The second-order valence-corrected chi connectivity index (χ2v) is 4.68. The zero-order chi connectivity index (χ0) is 13.7. The van der Waals surface area contributed by atoms with E-state index >= 15 is 0 Å². The zero-order valence-electron chi connectivity index (χ0n) is 11.4. The van der Waals surface area contributed by atoms with Crippen LogP contribution >= 0.6 is 0 Å². The molecule has 2 aromatic rings. The van der Waals surface area contributed by atoms with Crippen LogP contribution in [0.3, 0.4) is 0 Å². The second-order valence-electron chi connectivity index (χ2n) is 4.68. The van der Waals surface area contributed by atoms with Gasteiger partial charge in [-0.05, 0) is 44.5 Å². The molecule has 0 amide bonds. The Labute approximate surface area is 113 Å². The molecule has 3 nitrogen and oxygen atoms in total. The molecule has 0 bridgehead atoms. The Balaban J connectivity index is 1.80. The maximum atomic E-state index is 12.8. The normalized spacial score (nSPS) is 12.6. The number of hydrogen-bond acceptors (Lipinski definition) is 2. The van der Waals surface area contributed by atoms with Gasteiger partial charge in [0.05, 0.1) is 6.20 Å². The van der Waals surface area contributed by atoms with Gasteiger partial charge in [-0.25, -0.2) is 4.39 Å². The predicted molar refractivity (Wildman–Crippen MR) is 74.4 cm³/mol. The molecule has 4 heteroatoms. The van der Waals surface area contributed by atoms with Gasteiger partial charge in [-0.3, -0.25) is 4.68 Å². The third-order valence-corrected chi connectivity index (χ3v) is 3.25. The lowest BCUT2D eigenvalue weighted by molar-refractivity contribution is 0.574. The summed E-state index contributed by atoms with van der Waals surface area (Å²) in [6.07, 6.45) is 4.86. The largest absolute Gasteiger partial charge is 0.310 e. The average molecular weight is 261 g/mol. The van der Waals surface area contributed by atoms with Gasteiger partial charge in [0.2, 0.25) is 0 Å². The van der Waals surface area contributed by atoms with Gasteiger partial charge in [-0.1, -0.05) is 12.1 Å². The van der Waals surface area contributed by atoms with E-state index in [1.54, 1.807) is 0 Å². The van der Waals surface area contributed by atoms with Gasteiger partial charge >= 0.3 is 0 Å². The van der Waals surface area contributed by atoms with E-state index in [2.05, 4.69) is 30.5 Å². The molecule has 0 fully saturated rings. The molecular formula is C15H20FN3. The van der Waals surface area contributed by atoms with Crippen molar-refractivity contribution >= 4 is 0 Å². The Bertz CT molecular complexity index is 504. The topological polar surface area (TPSA) is 29.9 Å². The number of rotatable bonds is 6. The van der Waals surface area contributed by atoms with Gasteiger partial charge in [0.15, 0.2) is 0 Å². The summed E-state index contributed by atoms with van der Waals surface area (Å²) in [5, 5.41) is 7.72. The summed E-state index contributed by atoms with van der Waals surface area (Å²) >= 11 is 0. The van der Waals surface area contributed by atoms with Crippen molar-refractivity contribution in [2.24, 2.45) is 0 Å². The van der Waals surface area contributed by atoms with Crippen molar-refractivity contribution in [1.82, 2.24) is 15.1 Å². The number of aryl methyl sites for hydroxylation is 1. The SMILES string of the molecule is CCn1cc(C(C)NCCc2ccc(F)cc2)cn1. The minimum absolute atomic E-state index is 0.183. The highest BCUT2D eigenvalue weighted by atomic mass is 19.1. The van der Waals surface area contributed by atoms with Crippen LogP contribution in [0.15, 0.2) is 36.7 Å². The van der Waals surface area contributed by atoms with Crippen LogP contribution in [0.4, 0.5) is 4.39 Å². The fourth-order valence-corrected chi connectivity index (χ4v) is 1.98. The molecule has 0 aliphatic heterocycles. The summed E-state index contributed by atoms with van der Waals surface area (Å²) in [7, 11) is 0. The fraction of sp³-hybridized carbons (Fsp3) is 0.400. The monoisotopic (exact) mass is 261 g/mol. The van der Waals surface area contributed by atoms with E-state index in [9.17, 15) is 4.39 Å². The van der Waals surface area contributed by atoms with Gasteiger partial charge in [0.1, 0.15) is 5.82 Å². The first kappa shape index (κ1) is 13.7. The lowest BCUT2D eigenvalue weighted by Crippen LogP contribution is -2.21. The summed E-state index contributed by atoms with van der Waals surface area (Å²) in [6.45, 7) is 5.96. The first-order chi connectivity index (χ1) is 9.19. The van der Waals surface area contributed by atoms with Crippen molar-refractivity contribution in [2.75, 3.05) is 6.54 Å². The van der Waals surface area contributed by atoms with E-state index in [0.29, 0.717) is 0 Å². The molecule has 102 valence electrons. The van der Waals surface area contributed by atoms with Gasteiger partial charge in [-0.2, -0.15) is 5.10 Å². The average Bonchev–Trinajstić information content (AvgIpc) is 2.90. The highest BCUT2D eigenvalue weighted by Gasteiger charge is 2.06. The number of hydrogen-bond donors (Lipinski definition) is 1. The number of nitrogens with zero attached hydrogens (tertiary/aromatic N) is 2. The van der Waals surface area contributed by atoms with Crippen LogP contribution in [0.1, 0.15) is 31.0 Å². The van der Waals surface area contributed by atoms with Crippen molar-refractivity contribution < 1.29 is 4.39 Å². The highest BCUT2D eigenvalue weighted by molar-refractivity contribution is 5.16. The predicted octanol–water partition coefficient (Wildman–Crippen LogP) is 2.94. The number of halogens is 1. The molecule has 0 aliphatic carbocycles. The minimum atomic E-state index is -0.183. The van der Waals surface area contributed by atoms with Crippen LogP contribution in [-0.2, 0) is 13.0 Å².